The average Bonchev–Trinajstić information content (AvgIpc) is 2.48. The molecule has 0 aromatic heterocycles. The number of rotatable bonds is 4. The fourth-order valence-corrected chi connectivity index (χ4v) is 3.22. The zero-order valence-corrected chi connectivity index (χ0v) is 12.9. The number of imide groups is 1. The van der Waals surface area contributed by atoms with E-state index in [2.05, 4.69) is 5.32 Å². The van der Waals surface area contributed by atoms with Gasteiger partial charge in [0.1, 0.15) is 6.54 Å². The van der Waals surface area contributed by atoms with Crippen molar-refractivity contribution < 1.29 is 14.4 Å². The van der Waals surface area contributed by atoms with Gasteiger partial charge in [0.15, 0.2) is 0 Å². The predicted molar refractivity (Wildman–Crippen MR) is 81.5 cm³/mol. The Kier molecular flexibility index (Phi) is 5.01. The highest BCUT2D eigenvalue weighted by Crippen LogP contribution is 2.26. The highest BCUT2D eigenvalue weighted by Gasteiger charge is 2.37. The van der Waals surface area contributed by atoms with E-state index in [-0.39, 0.29) is 34.8 Å². The van der Waals surface area contributed by atoms with Crippen LogP contribution < -0.4 is 5.32 Å². The number of benzene rings is 1. The minimum Gasteiger partial charge on any atom is -0.350 e. The van der Waals surface area contributed by atoms with E-state index >= 15 is 0 Å². The van der Waals surface area contributed by atoms with Gasteiger partial charge < -0.3 is 5.32 Å². The molecule has 1 N–H and O–H groups in total. The molecule has 3 amide bonds. The third kappa shape index (κ3) is 3.85. The van der Waals surface area contributed by atoms with Crippen molar-refractivity contribution in [3.05, 3.63) is 35.9 Å². The largest absolute Gasteiger partial charge is 0.350 e. The fourth-order valence-electron chi connectivity index (χ4n) is 2.12. The van der Waals surface area contributed by atoms with Crippen molar-refractivity contribution in [2.45, 2.75) is 30.9 Å². The lowest BCUT2D eigenvalue weighted by Gasteiger charge is -2.31. The molecule has 2 rings (SSSR count). The number of hydrogen-bond donors (Lipinski definition) is 1. The molecule has 1 aliphatic rings. The van der Waals surface area contributed by atoms with Crippen LogP contribution in [-0.4, -0.2) is 39.7 Å². The zero-order chi connectivity index (χ0) is 15.4. The first-order valence-corrected chi connectivity index (χ1v) is 7.74. The van der Waals surface area contributed by atoms with E-state index in [1.807, 2.05) is 30.3 Å². The zero-order valence-electron chi connectivity index (χ0n) is 12.0. The summed E-state index contributed by atoms with van der Waals surface area (Å²) in [7, 11) is 0. The molecule has 1 aromatic carbocycles. The molecule has 1 aromatic rings. The van der Waals surface area contributed by atoms with E-state index in [9.17, 15) is 14.4 Å². The quantitative estimate of drug-likeness (QED) is 0.848. The topological polar surface area (TPSA) is 66.5 Å². The molecular formula is C15H18N2O3S. The molecule has 21 heavy (non-hydrogen) atoms. The van der Waals surface area contributed by atoms with E-state index in [1.54, 1.807) is 13.8 Å². The Morgan fingerprint density at radius 2 is 1.71 bits per heavy atom. The SMILES string of the molecule is C[C@@H]1S[C@H](C)C(=O)N(CC(=O)NCc2ccccc2)C1=O. The number of amides is 3. The van der Waals surface area contributed by atoms with Crippen LogP contribution in [0.25, 0.3) is 0 Å². The Morgan fingerprint density at radius 3 is 2.29 bits per heavy atom. The Balaban J connectivity index is 1.92. The Hall–Kier alpha value is -1.82. The third-order valence-electron chi connectivity index (χ3n) is 3.27. The van der Waals surface area contributed by atoms with Gasteiger partial charge in [0.05, 0.1) is 10.5 Å². The van der Waals surface area contributed by atoms with Gasteiger partial charge in [0.25, 0.3) is 0 Å². The number of nitrogens with zero attached hydrogens (tertiary/aromatic N) is 1. The minimum atomic E-state index is -0.327. The van der Waals surface area contributed by atoms with Crippen LogP contribution in [0.1, 0.15) is 19.4 Å². The van der Waals surface area contributed by atoms with Crippen LogP contribution in [-0.2, 0) is 20.9 Å². The van der Waals surface area contributed by atoms with Crippen LogP contribution in [0, 0.1) is 0 Å². The van der Waals surface area contributed by atoms with E-state index in [1.165, 1.54) is 11.8 Å². The van der Waals surface area contributed by atoms with Crippen LogP contribution >= 0.6 is 11.8 Å². The summed E-state index contributed by atoms with van der Waals surface area (Å²) in [6.07, 6.45) is 0. The summed E-state index contributed by atoms with van der Waals surface area (Å²) in [6, 6.07) is 9.48. The van der Waals surface area contributed by atoms with E-state index < -0.39 is 0 Å². The first-order valence-electron chi connectivity index (χ1n) is 6.80. The van der Waals surface area contributed by atoms with Gasteiger partial charge in [0, 0.05) is 6.54 Å². The average molecular weight is 306 g/mol. The smallest absolute Gasteiger partial charge is 0.242 e. The number of carbonyl (C=O) groups excluding carboxylic acids is 3. The minimum absolute atomic E-state index is 0.209. The molecule has 0 radical (unpaired) electrons. The Bertz CT molecular complexity index is 527. The van der Waals surface area contributed by atoms with E-state index in [0.29, 0.717) is 6.54 Å². The lowest BCUT2D eigenvalue weighted by molar-refractivity contribution is -0.147. The molecule has 0 bridgehead atoms. The summed E-state index contributed by atoms with van der Waals surface area (Å²) < 4.78 is 0. The van der Waals surface area contributed by atoms with E-state index in [0.717, 1.165) is 10.5 Å². The van der Waals surface area contributed by atoms with Crippen molar-refractivity contribution in [2.75, 3.05) is 6.54 Å². The summed E-state index contributed by atoms with van der Waals surface area (Å²) >= 11 is 1.33. The molecular weight excluding hydrogens is 288 g/mol. The number of nitrogens with one attached hydrogen (secondary N) is 1. The van der Waals surface area contributed by atoms with Crippen LogP contribution in [0.3, 0.4) is 0 Å². The predicted octanol–water partition coefficient (Wildman–Crippen LogP) is 1.18. The van der Waals surface area contributed by atoms with Gasteiger partial charge in [-0.3, -0.25) is 19.3 Å². The van der Waals surface area contributed by atoms with Crippen molar-refractivity contribution in [1.82, 2.24) is 10.2 Å². The van der Waals surface area contributed by atoms with Crippen LogP contribution in [0.2, 0.25) is 0 Å². The molecule has 0 aliphatic carbocycles. The maximum atomic E-state index is 12.0. The monoisotopic (exact) mass is 306 g/mol. The summed E-state index contributed by atoms with van der Waals surface area (Å²) in [5.41, 5.74) is 0.972. The molecule has 5 nitrogen and oxygen atoms in total. The van der Waals surface area contributed by atoms with Crippen LogP contribution in [0.4, 0.5) is 0 Å². The second-order valence-electron chi connectivity index (χ2n) is 4.95. The van der Waals surface area contributed by atoms with Crippen molar-refractivity contribution in [2.24, 2.45) is 0 Å². The maximum absolute atomic E-state index is 12.0. The lowest BCUT2D eigenvalue weighted by Crippen LogP contribution is -2.53. The van der Waals surface area contributed by atoms with Crippen molar-refractivity contribution >= 4 is 29.5 Å². The van der Waals surface area contributed by atoms with Crippen molar-refractivity contribution in [3.8, 4) is 0 Å². The van der Waals surface area contributed by atoms with Gasteiger partial charge in [-0.25, -0.2) is 0 Å². The van der Waals surface area contributed by atoms with Gasteiger partial charge in [-0.2, -0.15) is 0 Å². The first kappa shape index (κ1) is 15.6. The summed E-state index contributed by atoms with van der Waals surface area (Å²) in [4.78, 5) is 37.0. The number of thioether (sulfide) groups is 1. The van der Waals surface area contributed by atoms with Gasteiger partial charge in [-0.1, -0.05) is 30.3 Å². The Morgan fingerprint density at radius 1 is 1.14 bits per heavy atom. The second kappa shape index (κ2) is 6.76. The molecule has 112 valence electrons. The molecule has 0 unspecified atom stereocenters. The highest BCUT2D eigenvalue weighted by atomic mass is 32.2. The highest BCUT2D eigenvalue weighted by molar-refractivity contribution is 8.02. The van der Waals surface area contributed by atoms with Crippen molar-refractivity contribution in [1.29, 1.82) is 0 Å². The molecule has 0 spiro atoms. The molecule has 1 aliphatic heterocycles. The molecule has 1 fully saturated rings. The fraction of sp³-hybridized carbons (Fsp3) is 0.400. The van der Waals surface area contributed by atoms with Gasteiger partial charge in [-0.15, -0.1) is 11.8 Å². The molecule has 2 atom stereocenters. The molecule has 0 saturated carbocycles. The number of hydrogen-bond acceptors (Lipinski definition) is 4. The lowest BCUT2D eigenvalue weighted by atomic mass is 10.2. The van der Waals surface area contributed by atoms with Gasteiger partial charge in [0.2, 0.25) is 17.7 Å². The van der Waals surface area contributed by atoms with Gasteiger partial charge in [-0.05, 0) is 19.4 Å². The normalized spacial score (nSPS) is 22.3. The first-order chi connectivity index (χ1) is 9.99. The van der Waals surface area contributed by atoms with Crippen LogP contribution in [0.15, 0.2) is 30.3 Å². The molecule has 6 heteroatoms. The third-order valence-corrected chi connectivity index (χ3v) is 4.49. The molecule has 1 saturated heterocycles. The van der Waals surface area contributed by atoms with Crippen LogP contribution in [0.5, 0.6) is 0 Å². The van der Waals surface area contributed by atoms with E-state index in [4.69, 9.17) is 0 Å². The summed E-state index contributed by atoms with van der Waals surface area (Å²) in [5.74, 6) is -0.914. The number of carbonyl (C=O) groups is 3. The maximum Gasteiger partial charge on any atom is 0.242 e. The summed E-state index contributed by atoms with van der Waals surface area (Å²) in [6.45, 7) is 3.69. The van der Waals surface area contributed by atoms with Crippen molar-refractivity contribution in [3.63, 3.8) is 0 Å². The standard InChI is InChI=1S/C15H18N2O3S/c1-10-14(19)17(15(20)11(2)21-10)9-13(18)16-8-12-6-4-3-5-7-12/h3-7,10-11H,8-9H2,1-2H3,(H,16,18)/t10-,11+. The summed E-state index contributed by atoms with van der Waals surface area (Å²) in [5, 5.41) is 2.14. The van der Waals surface area contributed by atoms with Gasteiger partial charge >= 0.3 is 0 Å². The second-order valence-corrected chi connectivity index (χ2v) is 6.63. The molecule has 1 heterocycles. The Labute approximate surface area is 128 Å².